The number of aromatic hydroxyl groups is 1. The summed E-state index contributed by atoms with van der Waals surface area (Å²) < 4.78 is 10.6. The molecular weight excluding hydrogens is 324 g/mol. The maximum atomic E-state index is 12.4. The molecule has 0 aliphatic heterocycles. The first kappa shape index (κ1) is 20.6. The van der Waals surface area contributed by atoms with Gasteiger partial charge < -0.3 is 19.9 Å². The Morgan fingerprint density at radius 2 is 1.52 bits per heavy atom. The fraction of sp³-hybridized carbons (Fsp3) is 0.556. The van der Waals surface area contributed by atoms with Crippen LogP contribution in [0.3, 0.4) is 0 Å². The second kappa shape index (κ2) is 8.09. The molecule has 0 aromatic heterocycles. The molecule has 0 fully saturated rings. The number of phenols is 1. The molecule has 140 valence electrons. The third-order valence-electron chi connectivity index (χ3n) is 2.78. The Bertz CT molecular complexity index is 585. The lowest BCUT2D eigenvalue weighted by Gasteiger charge is -2.28. The van der Waals surface area contributed by atoms with E-state index < -0.39 is 23.4 Å². The van der Waals surface area contributed by atoms with E-state index in [0.717, 1.165) is 0 Å². The zero-order chi connectivity index (χ0) is 19.3. The highest BCUT2D eigenvalue weighted by Gasteiger charge is 2.24. The van der Waals surface area contributed by atoms with E-state index in [2.05, 4.69) is 5.32 Å². The van der Waals surface area contributed by atoms with E-state index >= 15 is 0 Å². The van der Waals surface area contributed by atoms with Crippen molar-refractivity contribution in [2.45, 2.75) is 52.7 Å². The largest absolute Gasteiger partial charge is 0.508 e. The number of hydrogen-bond acceptors (Lipinski definition) is 5. The average molecular weight is 352 g/mol. The minimum atomic E-state index is -0.648. The smallest absolute Gasteiger partial charge is 0.414 e. The Balaban J connectivity index is 2.77. The number of phenolic OH excluding ortho intramolecular Hbond substituents is 1. The van der Waals surface area contributed by atoms with E-state index in [9.17, 15) is 14.7 Å². The Hall–Kier alpha value is -2.44. The van der Waals surface area contributed by atoms with Gasteiger partial charge in [0.1, 0.15) is 17.0 Å². The molecular formula is C18H28N2O5. The summed E-state index contributed by atoms with van der Waals surface area (Å²) in [6, 6.07) is 6.17. The second-order valence-electron chi connectivity index (χ2n) is 7.58. The van der Waals surface area contributed by atoms with Crippen molar-refractivity contribution in [3.05, 3.63) is 24.3 Å². The van der Waals surface area contributed by atoms with Gasteiger partial charge in [0.2, 0.25) is 0 Å². The van der Waals surface area contributed by atoms with Crippen LogP contribution in [0.2, 0.25) is 0 Å². The molecule has 2 N–H and O–H groups in total. The predicted octanol–water partition coefficient (Wildman–Crippen LogP) is 3.66. The van der Waals surface area contributed by atoms with E-state index in [0.29, 0.717) is 5.69 Å². The van der Waals surface area contributed by atoms with Crippen molar-refractivity contribution in [1.29, 1.82) is 0 Å². The summed E-state index contributed by atoms with van der Waals surface area (Å²) in [5.74, 6) is 0.0970. The van der Waals surface area contributed by atoms with Crippen molar-refractivity contribution >= 4 is 17.9 Å². The second-order valence-corrected chi connectivity index (χ2v) is 7.58. The number of amides is 2. The van der Waals surface area contributed by atoms with Crippen molar-refractivity contribution in [3.63, 3.8) is 0 Å². The zero-order valence-corrected chi connectivity index (χ0v) is 15.8. The van der Waals surface area contributed by atoms with E-state index in [1.165, 1.54) is 17.0 Å². The molecule has 0 spiro atoms. The van der Waals surface area contributed by atoms with Crippen LogP contribution < -0.4 is 10.2 Å². The van der Waals surface area contributed by atoms with Crippen molar-refractivity contribution in [2.24, 2.45) is 0 Å². The quantitative estimate of drug-likeness (QED) is 0.863. The van der Waals surface area contributed by atoms with Crippen LogP contribution in [-0.2, 0) is 9.47 Å². The molecule has 7 nitrogen and oxygen atoms in total. The van der Waals surface area contributed by atoms with E-state index in [4.69, 9.17) is 9.47 Å². The van der Waals surface area contributed by atoms with Crippen molar-refractivity contribution in [2.75, 3.05) is 18.0 Å². The van der Waals surface area contributed by atoms with Crippen molar-refractivity contribution in [1.82, 2.24) is 5.32 Å². The Morgan fingerprint density at radius 1 is 1.00 bits per heavy atom. The number of nitrogens with zero attached hydrogens (tertiary/aromatic N) is 1. The van der Waals surface area contributed by atoms with E-state index in [1.807, 2.05) is 0 Å². The van der Waals surface area contributed by atoms with Crippen LogP contribution in [0.1, 0.15) is 41.5 Å². The molecule has 0 radical (unpaired) electrons. The normalized spacial score (nSPS) is 11.6. The van der Waals surface area contributed by atoms with Crippen LogP contribution in [0.4, 0.5) is 15.3 Å². The molecule has 1 aromatic rings. The topological polar surface area (TPSA) is 88.1 Å². The average Bonchev–Trinajstić information content (AvgIpc) is 2.41. The number of nitrogens with one attached hydrogen (secondary N) is 1. The highest BCUT2D eigenvalue weighted by atomic mass is 16.6. The summed E-state index contributed by atoms with van der Waals surface area (Å²) in [5.41, 5.74) is -0.686. The van der Waals surface area contributed by atoms with Gasteiger partial charge in [-0.2, -0.15) is 0 Å². The molecule has 0 aliphatic rings. The van der Waals surface area contributed by atoms with Crippen LogP contribution in [0.25, 0.3) is 0 Å². The van der Waals surface area contributed by atoms with E-state index in [1.54, 1.807) is 53.7 Å². The number of carbonyl (C=O) groups excluding carboxylic acids is 2. The molecule has 1 rings (SSSR count). The zero-order valence-electron chi connectivity index (χ0n) is 15.8. The molecule has 0 heterocycles. The van der Waals surface area contributed by atoms with Gasteiger partial charge in [-0.05, 0) is 65.8 Å². The minimum Gasteiger partial charge on any atom is -0.508 e. The molecule has 2 amide bonds. The third-order valence-corrected chi connectivity index (χ3v) is 2.78. The molecule has 7 heteroatoms. The Morgan fingerprint density at radius 3 is 2.00 bits per heavy atom. The number of anilines is 1. The first-order valence-electron chi connectivity index (χ1n) is 8.14. The molecule has 0 bridgehead atoms. The molecule has 1 aromatic carbocycles. The van der Waals surface area contributed by atoms with Gasteiger partial charge in [0.15, 0.2) is 0 Å². The van der Waals surface area contributed by atoms with Gasteiger partial charge in [-0.25, -0.2) is 9.59 Å². The monoisotopic (exact) mass is 352 g/mol. The number of alkyl carbamates (subject to hydrolysis) is 1. The van der Waals surface area contributed by atoms with Gasteiger partial charge in [0.25, 0.3) is 0 Å². The lowest BCUT2D eigenvalue weighted by molar-refractivity contribution is 0.0513. The SMILES string of the molecule is CC(C)(C)OC(=O)NCCN(C(=O)OC(C)(C)C)c1ccc(O)cc1. The molecule has 25 heavy (non-hydrogen) atoms. The molecule has 0 saturated carbocycles. The number of rotatable bonds is 4. The van der Waals surface area contributed by atoms with Crippen molar-refractivity contribution in [3.8, 4) is 5.75 Å². The van der Waals surface area contributed by atoms with Gasteiger partial charge in [0, 0.05) is 18.8 Å². The lowest BCUT2D eigenvalue weighted by Crippen LogP contribution is -2.42. The third kappa shape index (κ3) is 8.28. The fourth-order valence-corrected chi connectivity index (χ4v) is 1.86. The van der Waals surface area contributed by atoms with Gasteiger partial charge >= 0.3 is 12.2 Å². The lowest BCUT2D eigenvalue weighted by atomic mass is 10.2. The minimum absolute atomic E-state index is 0.0970. The summed E-state index contributed by atoms with van der Waals surface area (Å²) in [6.07, 6.45) is -1.09. The van der Waals surface area contributed by atoms with Crippen LogP contribution in [-0.4, -0.2) is 41.6 Å². The number of carbonyl (C=O) groups is 2. The van der Waals surface area contributed by atoms with Crippen molar-refractivity contribution < 1.29 is 24.2 Å². The van der Waals surface area contributed by atoms with Gasteiger partial charge in [0.05, 0.1) is 0 Å². The predicted molar refractivity (Wildman–Crippen MR) is 95.9 cm³/mol. The van der Waals surface area contributed by atoms with Gasteiger partial charge in [-0.15, -0.1) is 0 Å². The number of benzene rings is 1. The van der Waals surface area contributed by atoms with Gasteiger partial charge in [-0.1, -0.05) is 0 Å². The first-order valence-corrected chi connectivity index (χ1v) is 8.14. The summed E-state index contributed by atoms with van der Waals surface area (Å²) in [5, 5.41) is 12.0. The Kier molecular flexibility index (Phi) is 6.67. The number of hydrogen-bond donors (Lipinski definition) is 2. The van der Waals surface area contributed by atoms with Crippen LogP contribution in [0, 0.1) is 0 Å². The summed E-state index contributed by atoms with van der Waals surface area (Å²) in [6.45, 7) is 11.0. The maximum Gasteiger partial charge on any atom is 0.414 e. The fourth-order valence-electron chi connectivity index (χ4n) is 1.86. The van der Waals surface area contributed by atoms with E-state index in [-0.39, 0.29) is 18.8 Å². The molecule has 0 saturated heterocycles. The standard InChI is InChI=1S/C18H28N2O5/c1-17(2,3)24-15(22)19-11-12-20(16(23)25-18(4,5)6)13-7-9-14(21)10-8-13/h7-10,21H,11-12H2,1-6H3,(H,19,22). The van der Waals surface area contributed by atoms with Crippen LogP contribution in [0.15, 0.2) is 24.3 Å². The first-order chi connectivity index (χ1) is 11.4. The summed E-state index contributed by atoms with van der Waals surface area (Å²) >= 11 is 0. The molecule has 0 unspecified atom stereocenters. The van der Waals surface area contributed by atoms with Crippen LogP contribution in [0.5, 0.6) is 5.75 Å². The maximum absolute atomic E-state index is 12.4. The highest BCUT2D eigenvalue weighted by Crippen LogP contribution is 2.21. The van der Waals surface area contributed by atoms with Crippen LogP contribution >= 0.6 is 0 Å². The highest BCUT2D eigenvalue weighted by molar-refractivity contribution is 5.88. The molecule has 0 aliphatic carbocycles. The summed E-state index contributed by atoms with van der Waals surface area (Å²) in [7, 11) is 0. The summed E-state index contributed by atoms with van der Waals surface area (Å²) in [4.78, 5) is 25.6. The van der Waals surface area contributed by atoms with Gasteiger partial charge in [-0.3, -0.25) is 4.90 Å². The molecule has 0 atom stereocenters. The Labute approximate surface area is 148 Å². The number of ether oxygens (including phenoxy) is 2.